The van der Waals surface area contributed by atoms with Crippen molar-refractivity contribution < 1.29 is 14.3 Å². The van der Waals surface area contributed by atoms with Gasteiger partial charge in [0.1, 0.15) is 5.75 Å². The summed E-state index contributed by atoms with van der Waals surface area (Å²) in [6, 6.07) is 7.40. The second kappa shape index (κ2) is 9.03. The normalized spacial score (nSPS) is 21.4. The lowest BCUT2D eigenvalue weighted by Crippen LogP contribution is -2.54. The number of nitrogens with zero attached hydrogens (tertiary/aromatic N) is 2. The van der Waals surface area contributed by atoms with E-state index in [0.717, 1.165) is 12.8 Å². The van der Waals surface area contributed by atoms with Gasteiger partial charge in [-0.15, -0.1) is 0 Å². The molecular formula is C20H31N3O3. The molecule has 6 nitrogen and oxygen atoms in total. The largest absolute Gasteiger partial charge is 0.497 e. The molecule has 1 N–H and O–H groups in total. The van der Waals surface area contributed by atoms with E-state index in [4.69, 9.17) is 4.74 Å². The Hall–Kier alpha value is -2.08. The topological polar surface area (TPSA) is 61.9 Å². The number of anilines is 1. The van der Waals surface area contributed by atoms with E-state index in [0.29, 0.717) is 11.4 Å². The van der Waals surface area contributed by atoms with Crippen LogP contribution in [0.15, 0.2) is 24.3 Å². The van der Waals surface area contributed by atoms with E-state index in [1.165, 1.54) is 6.42 Å². The summed E-state index contributed by atoms with van der Waals surface area (Å²) >= 11 is 0. The van der Waals surface area contributed by atoms with Gasteiger partial charge in [-0.1, -0.05) is 6.07 Å². The van der Waals surface area contributed by atoms with E-state index in [9.17, 15) is 9.59 Å². The van der Waals surface area contributed by atoms with E-state index in [1.807, 2.05) is 37.1 Å². The molecule has 0 saturated carbocycles. The van der Waals surface area contributed by atoms with Crippen LogP contribution in [0, 0.1) is 0 Å². The highest BCUT2D eigenvalue weighted by Crippen LogP contribution is 2.24. The zero-order valence-corrected chi connectivity index (χ0v) is 16.5. The molecule has 0 unspecified atom stereocenters. The predicted molar refractivity (Wildman–Crippen MR) is 103 cm³/mol. The average molecular weight is 361 g/mol. The average Bonchev–Trinajstić information content (AvgIpc) is 2.60. The molecule has 1 fully saturated rings. The number of methoxy groups -OCH3 is 1. The molecule has 0 bridgehead atoms. The molecule has 26 heavy (non-hydrogen) atoms. The molecule has 144 valence electrons. The van der Waals surface area contributed by atoms with Crippen LogP contribution in [-0.2, 0) is 9.59 Å². The highest BCUT2D eigenvalue weighted by atomic mass is 16.5. The Morgan fingerprint density at radius 3 is 2.58 bits per heavy atom. The summed E-state index contributed by atoms with van der Waals surface area (Å²) < 4.78 is 5.16. The fraction of sp³-hybridized carbons (Fsp3) is 0.600. The van der Waals surface area contributed by atoms with Gasteiger partial charge >= 0.3 is 0 Å². The molecule has 1 saturated heterocycles. The first-order valence-corrected chi connectivity index (χ1v) is 9.29. The molecule has 1 heterocycles. The highest BCUT2D eigenvalue weighted by Gasteiger charge is 2.33. The Bertz CT molecular complexity index is 624. The number of carbonyl (C=O) groups is 2. The maximum Gasteiger partial charge on any atom is 0.240 e. The number of likely N-dealkylation sites (N-methyl/N-ethyl adjacent to an activating group) is 1. The van der Waals surface area contributed by atoms with Gasteiger partial charge < -0.3 is 15.0 Å². The monoisotopic (exact) mass is 361 g/mol. The van der Waals surface area contributed by atoms with Gasteiger partial charge in [0.25, 0.3) is 0 Å². The molecule has 1 aliphatic rings. The van der Waals surface area contributed by atoms with E-state index in [2.05, 4.69) is 19.2 Å². The number of hydrogen-bond acceptors (Lipinski definition) is 4. The van der Waals surface area contributed by atoms with E-state index in [1.54, 1.807) is 18.1 Å². The van der Waals surface area contributed by atoms with Crippen molar-refractivity contribution in [2.24, 2.45) is 0 Å². The van der Waals surface area contributed by atoms with Crippen LogP contribution in [-0.4, -0.2) is 60.4 Å². The van der Waals surface area contributed by atoms with E-state index < -0.39 is 0 Å². The lowest BCUT2D eigenvalue weighted by atomic mass is 9.96. The second-order valence-electron chi connectivity index (χ2n) is 7.25. The van der Waals surface area contributed by atoms with Crippen molar-refractivity contribution in [3.8, 4) is 5.75 Å². The Morgan fingerprint density at radius 2 is 1.96 bits per heavy atom. The molecule has 0 spiro atoms. The van der Waals surface area contributed by atoms with Crippen LogP contribution < -0.4 is 10.1 Å². The maximum absolute atomic E-state index is 12.9. The summed E-state index contributed by atoms with van der Waals surface area (Å²) in [7, 11) is 3.40. The van der Waals surface area contributed by atoms with Crippen LogP contribution >= 0.6 is 0 Å². The SMILES string of the molecule is COc1cccc(NC(=O)CN(C)[C@H](C)C(=O)N2[C@H](C)CCC[C@H]2C)c1. The van der Waals surface area contributed by atoms with Crippen molar-refractivity contribution in [3.05, 3.63) is 24.3 Å². The summed E-state index contributed by atoms with van der Waals surface area (Å²) in [6.45, 7) is 6.24. The van der Waals surface area contributed by atoms with Gasteiger partial charge in [-0.3, -0.25) is 14.5 Å². The molecular weight excluding hydrogens is 330 g/mol. The van der Waals surface area contributed by atoms with Crippen LogP contribution in [0.2, 0.25) is 0 Å². The maximum atomic E-state index is 12.9. The summed E-state index contributed by atoms with van der Waals surface area (Å²) in [4.78, 5) is 29.0. The number of amides is 2. The minimum absolute atomic E-state index is 0.0985. The first-order chi connectivity index (χ1) is 12.3. The fourth-order valence-electron chi connectivity index (χ4n) is 3.52. The number of nitrogens with one attached hydrogen (secondary N) is 1. The van der Waals surface area contributed by atoms with Crippen molar-refractivity contribution in [3.63, 3.8) is 0 Å². The number of benzene rings is 1. The van der Waals surface area contributed by atoms with Crippen LogP contribution in [0.1, 0.15) is 40.0 Å². The lowest BCUT2D eigenvalue weighted by molar-refractivity contribution is -0.142. The zero-order chi connectivity index (χ0) is 19.3. The molecule has 1 aromatic carbocycles. The van der Waals surface area contributed by atoms with Gasteiger partial charge in [-0.05, 0) is 59.2 Å². The van der Waals surface area contributed by atoms with Gasteiger partial charge in [0.05, 0.1) is 19.7 Å². The third-order valence-electron chi connectivity index (χ3n) is 5.21. The van der Waals surface area contributed by atoms with Crippen molar-refractivity contribution in [2.75, 3.05) is 26.0 Å². The van der Waals surface area contributed by atoms with Crippen molar-refractivity contribution in [1.29, 1.82) is 0 Å². The quantitative estimate of drug-likeness (QED) is 0.846. The molecule has 0 aliphatic carbocycles. The van der Waals surface area contributed by atoms with Gasteiger partial charge in [0.2, 0.25) is 11.8 Å². The van der Waals surface area contributed by atoms with E-state index >= 15 is 0 Å². The molecule has 2 amide bonds. The number of ether oxygens (including phenoxy) is 1. The van der Waals surface area contributed by atoms with Crippen molar-refractivity contribution in [1.82, 2.24) is 9.80 Å². The molecule has 1 aliphatic heterocycles. The first kappa shape index (κ1) is 20.2. The van der Waals surface area contributed by atoms with Crippen LogP contribution in [0.4, 0.5) is 5.69 Å². The van der Waals surface area contributed by atoms with Crippen LogP contribution in [0.3, 0.4) is 0 Å². The Labute approximate surface area is 156 Å². The summed E-state index contributed by atoms with van der Waals surface area (Å²) in [5.74, 6) is 0.634. The zero-order valence-electron chi connectivity index (χ0n) is 16.5. The molecule has 2 rings (SSSR count). The fourth-order valence-corrected chi connectivity index (χ4v) is 3.52. The summed E-state index contributed by atoms with van der Waals surface area (Å²) in [5.41, 5.74) is 0.681. The molecule has 3 atom stereocenters. The third kappa shape index (κ3) is 4.97. The van der Waals surface area contributed by atoms with Gasteiger partial charge in [0.15, 0.2) is 0 Å². The third-order valence-corrected chi connectivity index (χ3v) is 5.21. The lowest BCUT2D eigenvalue weighted by Gasteiger charge is -2.41. The number of likely N-dealkylation sites (tertiary alicyclic amines) is 1. The van der Waals surface area contributed by atoms with Gasteiger partial charge in [0, 0.05) is 23.8 Å². The number of rotatable bonds is 6. The Balaban J connectivity index is 1.93. The summed E-state index contributed by atoms with van der Waals surface area (Å²) in [5, 5.41) is 2.85. The summed E-state index contributed by atoms with van der Waals surface area (Å²) in [6.07, 6.45) is 3.25. The Kier molecular flexibility index (Phi) is 7.03. The minimum atomic E-state index is -0.339. The van der Waals surface area contributed by atoms with Crippen molar-refractivity contribution in [2.45, 2.75) is 58.2 Å². The predicted octanol–water partition coefficient (Wildman–Crippen LogP) is 2.74. The number of carbonyl (C=O) groups excluding carboxylic acids is 2. The molecule has 1 aromatic rings. The molecule has 0 aromatic heterocycles. The minimum Gasteiger partial charge on any atom is -0.497 e. The smallest absolute Gasteiger partial charge is 0.240 e. The van der Waals surface area contributed by atoms with Crippen LogP contribution in [0.25, 0.3) is 0 Å². The molecule has 0 radical (unpaired) electrons. The second-order valence-corrected chi connectivity index (χ2v) is 7.25. The standard InChI is InChI=1S/C20H31N3O3/c1-14-8-6-9-15(2)23(14)20(25)16(3)22(4)13-19(24)21-17-10-7-11-18(12-17)26-5/h7,10-12,14-16H,6,8-9,13H2,1-5H3,(H,21,24)/t14-,15-,16-/m1/s1. The first-order valence-electron chi connectivity index (χ1n) is 9.29. The van der Waals surface area contributed by atoms with Gasteiger partial charge in [-0.2, -0.15) is 0 Å². The van der Waals surface area contributed by atoms with E-state index in [-0.39, 0.29) is 36.5 Å². The van der Waals surface area contributed by atoms with Gasteiger partial charge in [-0.25, -0.2) is 0 Å². The highest BCUT2D eigenvalue weighted by molar-refractivity contribution is 5.93. The van der Waals surface area contributed by atoms with Crippen LogP contribution in [0.5, 0.6) is 5.75 Å². The molecule has 6 heteroatoms. The Morgan fingerprint density at radius 1 is 1.31 bits per heavy atom. The number of piperidine rings is 1. The number of hydrogen-bond donors (Lipinski definition) is 1. The van der Waals surface area contributed by atoms with Crippen molar-refractivity contribution >= 4 is 17.5 Å².